The van der Waals surface area contributed by atoms with Crippen molar-refractivity contribution in [1.82, 2.24) is 4.72 Å². The van der Waals surface area contributed by atoms with Gasteiger partial charge < -0.3 is 14.8 Å². The third kappa shape index (κ3) is 4.86. The van der Waals surface area contributed by atoms with E-state index in [-0.39, 0.29) is 10.8 Å². The van der Waals surface area contributed by atoms with Crippen LogP contribution in [0.1, 0.15) is 19.4 Å². The second-order valence-electron chi connectivity index (χ2n) is 7.10. The van der Waals surface area contributed by atoms with E-state index in [4.69, 9.17) is 9.47 Å². The summed E-state index contributed by atoms with van der Waals surface area (Å²) in [5.41, 5.74) is 0.955. The molecule has 7 nitrogen and oxygen atoms in total. The molecule has 0 radical (unpaired) electrons. The van der Waals surface area contributed by atoms with Gasteiger partial charge in [0.25, 0.3) is 0 Å². The number of nitrogens with one attached hydrogen (secondary N) is 2. The number of halogens is 1. The van der Waals surface area contributed by atoms with Gasteiger partial charge in [-0.15, -0.1) is 0 Å². The van der Waals surface area contributed by atoms with Crippen molar-refractivity contribution in [2.45, 2.75) is 31.7 Å². The summed E-state index contributed by atoms with van der Waals surface area (Å²) in [7, 11) is -4.01. The van der Waals surface area contributed by atoms with E-state index in [2.05, 4.69) is 10.0 Å². The Labute approximate surface area is 169 Å². The summed E-state index contributed by atoms with van der Waals surface area (Å²) < 4.78 is 52.5. The van der Waals surface area contributed by atoms with E-state index in [1.807, 2.05) is 0 Å². The van der Waals surface area contributed by atoms with E-state index < -0.39 is 27.8 Å². The van der Waals surface area contributed by atoms with Crippen LogP contribution in [0.2, 0.25) is 0 Å². The molecule has 0 saturated carbocycles. The van der Waals surface area contributed by atoms with E-state index in [1.165, 1.54) is 36.4 Å². The summed E-state index contributed by atoms with van der Waals surface area (Å²) >= 11 is 0. The highest BCUT2D eigenvalue weighted by atomic mass is 32.2. The number of carbonyl (C=O) groups is 1. The molecule has 0 aliphatic carbocycles. The van der Waals surface area contributed by atoms with Crippen LogP contribution in [0, 0.1) is 18.7 Å². The van der Waals surface area contributed by atoms with Gasteiger partial charge in [0.05, 0.1) is 4.90 Å². The zero-order valence-electron chi connectivity index (χ0n) is 16.4. The third-order valence-electron chi connectivity index (χ3n) is 4.51. The zero-order valence-corrected chi connectivity index (χ0v) is 17.2. The maximum atomic E-state index is 13.5. The minimum atomic E-state index is -4.01. The first kappa shape index (κ1) is 21.1. The van der Waals surface area contributed by atoms with Gasteiger partial charge >= 0.3 is 0 Å². The molecule has 0 saturated heterocycles. The van der Waals surface area contributed by atoms with Gasteiger partial charge in [0.1, 0.15) is 25.1 Å². The molecule has 1 unspecified atom stereocenters. The number of anilines is 1. The largest absolute Gasteiger partial charge is 0.486 e. The van der Waals surface area contributed by atoms with Gasteiger partial charge in [0.2, 0.25) is 15.9 Å². The predicted octanol–water partition coefficient (Wildman–Crippen LogP) is 2.85. The number of ether oxygens (including phenoxy) is 2. The van der Waals surface area contributed by atoms with Crippen molar-refractivity contribution in [1.29, 1.82) is 0 Å². The number of carbonyl (C=O) groups excluding carboxylic acids is 1. The fraction of sp³-hybridized carbons (Fsp3) is 0.350. The molecule has 0 fully saturated rings. The molecule has 2 aromatic carbocycles. The number of sulfonamides is 1. The van der Waals surface area contributed by atoms with Crippen molar-refractivity contribution < 1.29 is 27.1 Å². The van der Waals surface area contributed by atoms with Gasteiger partial charge in [0.15, 0.2) is 11.5 Å². The van der Waals surface area contributed by atoms with Crippen molar-refractivity contribution in [3.8, 4) is 11.5 Å². The third-order valence-corrected chi connectivity index (χ3v) is 5.95. The molecule has 2 aromatic rings. The van der Waals surface area contributed by atoms with Crippen LogP contribution >= 0.6 is 0 Å². The van der Waals surface area contributed by atoms with E-state index in [0.717, 1.165) is 0 Å². The minimum Gasteiger partial charge on any atom is -0.486 e. The molecule has 156 valence electrons. The molecule has 9 heteroatoms. The predicted molar refractivity (Wildman–Crippen MR) is 106 cm³/mol. The SMILES string of the molecule is Cc1ccc(F)cc1NC(=O)C(NS(=O)(=O)c1ccc2c(c1)OCCO2)C(C)C. The molecule has 1 heterocycles. The molecule has 3 rings (SSSR count). The van der Waals surface area contributed by atoms with Crippen LogP contribution in [-0.4, -0.2) is 33.6 Å². The maximum absolute atomic E-state index is 13.5. The Morgan fingerprint density at radius 1 is 1.07 bits per heavy atom. The Bertz CT molecular complexity index is 1020. The van der Waals surface area contributed by atoms with Crippen molar-refractivity contribution in [2.24, 2.45) is 5.92 Å². The monoisotopic (exact) mass is 422 g/mol. The molecule has 1 aliphatic heterocycles. The summed E-state index contributed by atoms with van der Waals surface area (Å²) in [4.78, 5) is 12.7. The fourth-order valence-electron chi connectivity index (χ4n) is 2.86. The molecule has 29 heavy (non-hydrogen) atoms. The number of fused-ring (bicyclic) bond motifs is 1. The van der Waals surface area contributed by atoms with Gasteiger partial charge in [-0.25, -0.2) is 12.8 Å². The lowest BCUT2D eigenvalue weighted by Gasteiger charge is -2.23. The van der Waals surface area contributed by atoms with Crippen LogP contribution in [0.15, 0.2) is 41.3 Å². The second kappa shape index (κ2) is 8.38. The molecule has 0 spiro atoms. The quantitative estimate of drug-likeness (QED) is 0.747. The molecule has 1 atom stereocenters. The van der Waals surface area contributed by atoms with Crippen LogP contribution in [0.3, 0.4) is 0 Å². The Hall–Kier alpha value is -2.65. The zero-order chi connectivity index (χ0) is 21.2. The topological polar surface area (TPSA) is 93.7 Å². The van der Waals surface area contributed by atoms with Crippen molar-refractivity contribution in [2.75, 3.05) is 18.5 Å². The number of benzene rings is 2. The lowest BCUT2D eigenvalue weighted by Crippen LogP contribution is -2.47. The summed E-state index contributed by atoms with van der Waals surface area (Å²) in [6.45, 7) is 5.88. The first-order valence-electron chi connectivity index (χ1n) is 9.16. The van der Waals surface area contributed by atoms with Crippen molar-refractivity contribution in [3.63, 3.8) is 0 Å². The van der Waals surface area contributed by atoms with Gasteiger partial charge in [-0.05, 0) is 42.7 Å². The van der Waals surface area contributed by atoms with Crippen LogP contribution < -0.4 is 19.5 Å². The van der Waals surface area contributed by atoms with Gasteiger partial charge in [-0.1, -0.05) is 19.9 Å². The first-order chi connectivity index (χ1) is 13.7. The average Bonchev–Trinajstić information content (AvgIpc) is 2.68. The Kier molecular flexibility index (Phi) is 6.09. The lowest BCUT2D eigenvalue weighted by atomic mass is 10.0. The highest BCUT2D eigenvalue weighted by Crippen LogP contribution is 2.32. The minimum absolute atomic E-state index is 0.0397. The highest BCUT2D eigenvalue weighted by Gasteiger charge is 2.29. The smallest absolute Gasteiger partial charge is 0.242 e. The summed E-state index contributed by atoms with van der Waals surface area (Å²) in [6, 6.07) is 7.23. The van der Waals surface area contributed by atoms with E-state index in [1.54, 1.807) is 20.8 Å². The van der Waals surface area contributed by atoms with Crippen LogP contribution in [0.5, 0.6) is 11.5 Å². The van der Waals surface area contributed by atoms with Crippen molar-refractivity contribution >= 4 is 21.6 Å². The maximum Gasteiger partial charge on any atom is 0.242 e. The second-order valence-corrected chi connectivity index (χ2v) is 8.81. The molecule has 2 N–H and O–H groups in total. The Morgan fingerprint density at radius 2 is 1.76 bits per heavy atom. The van der Waals surface area contributed by atoms with Gasteiger partial charge in [0, 0.05) is 11.8 Å². The standard InChI is InChI=1S/C20H23FN2O5S/c1-12(2)19(20(24)22-16-10-14(21)5-4-13(16)3)23-29(25,26)15-6-7-17-18(11-15)28-9-8-27-17/h4-7,10-12,19,23H,8-9H2,1-3H3,(H,22,24). The molecular formula is C20H23FN2O5S. The Morgan fingerprint density at radius 3 is 2.45 bits per heavy atom. The molecular weight excluding hydrogens is 399 g/mol. The fourth-order valence-corrected chi connectivity index (χ4v) is 4.22. The van der Waals surface area contributed by atoms with Crippen LogP contribution in [0.25, 0.3) is 0 Å². The molecule has 1 amide bonds. The average molecular weight is 422 g/mol. The summed E-state index contributed by atoms with van der Waals surface area (Å²) in [5.74, 6) is -0.621. The van der Waals surface area contributed by atoms with E-state index >= 15 is 0 Å². The van der Waals surface area contributed by atoms with Crippen molar-refractivity contribution in [3.05, 3.63) is 47.8 Å². The summed E-state index contributed by atoms with van der Waals surface area (Å²) in [6.07, 6.45) is 0. The summed E-state index contributed by atoms with van der Waals surface area (Å²) in [5, 5.41) is 2.61. The number of hydrogen-bond donors (Lipinski definition) is 2. The normalized spacial score (nSPS) is 14.5. The van der Waals surface area contributed by atoms with E-state index in [0.29, 0.717) is 36.0 Å². The molecule has 0 bridgehead atoms. The van der Waals surface area contributed by atoms with Gasteiger partial charge in [-0.3, -0.25) is 4.79 Å². The molecule has 0 aromatic heterocycles. The number of aryl methyl sites for hydroxylation is 1. The van der Waals surface area contributed by atoms with E-state index in [9.17, 15) is 17.6 Å². The van der Waals surface area contributed by atoms with Crippen LogP contribution in [0.4, 0.5) is 10.1 Å². The highest BCUT2D eigenvalue weighted by molar-refractivity contribution is 7.89. The lowest BCUT2D eigenvalue weighted by molar-refractivity contribution is -0.118. The number of amides is 1. The Balaban J connectivity index is 1.82. The number of rotatable bonds is 6. The first-order valence-corrected chi connectivity index (χ1v) is 10.6. The van der Waals surface area contributed by atoms with Crippen LogP contribution in [-0.2, 0) is 14.8 Å². The van der Waals surface area contributed by atoms with Gasteiger partial charge in [-0.2, -0.15) is 4.72 Å². The number of hydrogen-bond acceptors (Lipinski definition) is 5. The molecule has 1 aliphatic rings.